The molecular formula is C16H14BrClF2O. The van der Waals surface area contributed by atoms with Gasteiger partial charge >= 0.3 is 6.61 Å². The fraction of sp³-hybridized carbons (Fsp3) is 0.250. The zero-order valence-electron chi connectivity index (χ0n) is 11.5. The van der Waals surface area contributed by atoms with Crippen LogP contribution in [-0.2, 0) is 0 Å². The van der Waals surface area contributed by atoms with Crippen LogP contribution in [0, 0.1) is 13.8 Å². The lowest BCUT2D eigenvalue weighted by atomic mass is 10.00. The lowest BCUT2D eigenvalue weighted by Crippen LogP contribution is -2.02. The summed E-state index contributed by atoms with van der Waals surface area (Å²) in [7, 11) is 0. The van der Waals surface area contributed by atoms with Crippen molar-refractivity contribution in [3.63, 3.8) is 0 Å². The van der Waals surface area contributed by atoms with Gasteiger partial charge in [-0.05, 0) is 54.3 Å². The first-order valence-electron chi connectivity index (χ1n) is 6.34. The minimum Gasteiger partial charge on any atom is -0.435 e. The average molecular weight is 376 g/mol. The van der Waals surface area contributed by atoms with Gasteiger partial charge in [0.15, 0.2) is 0 Å². The SMILES string of the molecule is Cc1cc(Cl)c(C(Br)c2ccc(OC(F)F)cc2)cc1C. The van der Waals surface area contributed by atoms with Crippen molar-refractivity contribution >= 4 is 27.5 Å². The van der Waals surface area contributed by atoms with Gasteiger partial charge in [-0.15, -0.1) is 0 Å². The van der Waals surface area contributed by atoms with E-state index in [2.05, 4.69) is 20.7 Å². The predicted molar refractivity (Wildman–Crippen MR) is 84.8 cm³/mol. The normalized spacial score (nSPS) is 12.5. The van der Waals surface area contributed by atoms with E-state index in [4.69, 9.17) is 11.6 Å². The highest BCUT2D eigenvalue weighted by atomic mass is 79.9. The van der Waals surface area contributed by atoms with Gasteiger partial charge in [0.05, 0.1) is 4.83 Å². The highest BCUT2D eigenvalue weighted by molar-refractivity contribution is 9.09. The van der Waals surface area contributed by atoms with Crippen molar-refractivity contribution in [2.75, 3.05) is 0 Å². The molecule has 0 amide bonds. The molecule has 5 heteroatoms. The Bertz CT molecular complexity index is 629. The second-order valence-corrected chi connectivity index (χ2v) is 6.09. The van der Waals surface area contributed by atoms with Crippen LogP contribution in [0.25, 0.3) is 0 Å². The fourth-order valence-electron chi connectivity index (χ4n) is 2.00. The van der Waals surface area contributed by atoms with Gasteiger partial charge in [-0.3, -0.25) is 0 Å². The molecule has 1 nitrogen and oxygen atoms in total. The molecule has 0 fully saturated rings. The third-order valence-electron chi connectivity index (χ3n) is 3.28. The Hall–Kier alpha value is -1.13. The lowest BCUT2D eigenvalue weighted by molar-refractivity contribution is -0.0498. The van der Waals surface area contributed by atoms with Crippen LogP contribution >= 0.6 is 27.5 Å². The Kier molecular flexibility index (Phi) is 5.22. The second-order valence-electron chi connectivity index (χ2n) is 4.77. The molecule has 0 spiro atoms. The van der Waals surface area contributed by atoms with Crippen LogP contribution in [-0.4, -0.2) is 6.61 Å². The smallest absolute Gasteiger partial charge is 0.387 e. The van der Waals surface area contributed by atoms with Crippen LogP contribution < -0.4 is 4.74 Å². The molecular weight excluding hydrogens is 362 g/mol. The summed E-state index contributed by atoms with van der Waals surface area (Å²) in [6.07, 6.45) is 0. The number of hydrogen-bond donors (Lipinski definition) is 0. The van der Waals surface area contributed by atoms with Crippen molar-refractivity contribution in [1.82, 2.24) is 0 Å². The summed E-state index contributed by atoms with van der Waals surface area (Å²) >= 11 is 9.90. The van der Waals surface area contributed by atoms with E-state index in [0.717, 1.165) is 22.3 Å². The average Bonchev–Trinajstić information content (AvgIpc) is 2.42. The topological polar surface area (TPSA) is 9.23 Å². The van der Waals surface area contributed by atoms with Crippen LogP contribution in [0.1, 0.15) is 27.1 Å². The van der Waals surface area contributed by atoms with Gasteiger partial charge in [-0.2, -0.15) is 8.78 Å². The van der Waals surface area contributed by atoms with E-state index >= 15 is 0 Å². The first-order chi connectivity index (χ1) is 9.88. The summed E-state index contributed by atoms with van der Waals surface area (Å²) < 4.78 is 28.6. The Labute approximate surface area is 136 Å². The van der Waals surface area contributed by atoms with Gasteiger partial charge in [0, 0.05) is 5.02 Å². The molecule has 112 valence electrons. The zero-order valence-corrected chi connectivity index (χ0v) is 13.9. The van der Waals surface area contributed by atoms with Gasteiger partial charge < -0.3 is 4.74 Å². The molecule has 0 aliphatic heterocycles. The standard InChI is InChI=1S/C16H14BrClF2O/c1-9-7-13(14(18)8-10(9)2)15(17)11-3-5-12(6-4-11)21-16(19)20/h3-8,15-16H,1-2H3. The van der Waals surface area contributed by atoms with Crippen LogP contribution in [0.3, 0.4) is 0 Å². The van der Waals surface area contributed by atoms with Crippen molar-refractivity contribution in [3.8, 4) is 5.75 Å². The number of aryl methyl sites for hydroxylation is 2. The van der Waals surface area contributed by atoms with Crippen LogP contribution in [0.4, 0.5) is 8.78 Å². The van der Waals surface area contributed by atoms with Gasteiger partial charge in [0.2, 0.25) is 0 Å². The van der Waals surface area contributed by atoms with Crippen molar-refractivity contribution in [1.29, 1.82) is 0 Å². The predicted octanol–water partition coefficient (Wildman–Crippen LogP) is 6.04. The van der Waals surface area contributed by atoms with E-state index in [1.165, 1.54) is 12.1 Å². The second kappa shape index (κ2) is 6.75. The molecule has 1 atom stereocenters. The van der Waals surface area contributed by atoms with E-state index in [1.807, 2.05) is 26.0 Å². The molecule has 0 aliphatic rings. The first-order valence-corrected chi connectivity index (χ1v) is 7.63. The molecule has 0 radical (unpaired) electrons. The molecule has 0 saturated heterocycles. The van der Waals surface area contributed by atoms with Gasteiger partial charge in [0.1, 0.15) is 5.75 Å². The summed E-state index contributed by atoms with van der Waals surface area (Å²) in [6.45, 7) is 1.21. The Morgan fingerprint density at radius 1 is 1.05 bits per heavy atom. The molecule has 0 saturated carbocycles. The Morgan fingerprint density at radius 3 is 2.19 bits per heavy atom. The molecule has 0 heterocycles. The third-order valence-corrected chi connectivity index (χ3v) is 4.63. The van der Waals surface area contributed by atoms with E-state index in [1.54, 1.807) is 12.1 Å². The van der Waals surface area contributed by atoms with Crippen molar-refractivity contribution in [2.24, 2.45) is 0 Å². The quantitative estimate of drug-likeness (QED) is 0.592. The molecule has 2 rings (SSSR count). The number of rotatable bonds is 4. The van der Waals surface area contributed by atoms with Gasteiger partial charge in [0.25, 0.3) is 0 Å². The minimum absolute atomic E-state index is 0.107. The first kappa shape index (κ1) is 16.2. The largest absolute Gasteiger partial charge is 0.435 e. The monoisotopic (exact) mass is 374 g/mol. The molecule has 2 aromatic rings. The van der Waals surface area contributed by atoms with Crippen LogP contribution in [0.5, 0.6) is 5.75 Å². The molecule has 0 aliphatic carbocycles. The van der Waals surface area contributed by atoms with Crippen molar-refractivity contribution in [2.45, 2.75) is 25.3 Å². The van der Waals surface area contributed by atoms with Gasteiger partial charge in [-0.1, -0.05) is 45.7 Å². The molecule has 0 aromatic heterocycles. The number of alkyl halides is 3. The van der Waals surface area contributed by atoms with E-state index in [0.29, 0.717) is 5.02 Å². The highest BCUT2D eigenvalue weighted by Gasteiger charge is 2.15. The summed E-state index contributed by atoms with van der Waals surface area (Å²) in [6, 6.07) is 10.5. The summed E-state index contributed by atoms with van der Waals surface area (Å²) in [5.74, 6) is 0.139. The lowest BCUT2D eigenvalue weighted by Gasteiger charge is -2.15. The Morgan fingerprint density at radius 2 is 1.62 bits per heavy atom. The van der Waals surface area contributed by atoms with E-state index in [9.17, 15) is 8.78 Å². The number of benzene rings is 2. The third kappa shape index (κ3) is 3.95. The number of halogens is 4. The Balaban J connectivity index is 2.27. The molecule has 0 bridgehead atoms. The van der Waals surface area contributed by atoms with E-state index < -0.39 is 6.61 Å². The molecule has 21 heavy (non-hydrogen) atoms. The summed E-state index contributed by atoms with van der Waals surface area (Å²) in [5, 5.41) is 0.674. The molecule has 0 N–H and O–H groups in total. The summed E-state index contributed by atoms with van der Waals surface area (Å²) in [5.41, 5.74) is 4.14. The summed E-state index contributed by atoms with van der Waals surface area (Å²) in [4.78, 5) is -0.107. The van der Waals surface area contributed by atoms with E-state index in [-0.39, 0.29) is 10.6 Å². The highest BCUT2D eigenvalue weighted by Crippen LogP contribution is 2.37. The zero-order chi connectivity index (χ0) is 15.6. The number of hydrogen-bond acceptors (Lipinski definition) is 1. The van der Waals surface area contributed by atoms with Gasteiger partial charge in [-0.25, -0.2) is 0 Å². The van der Waals surface area contributed by atoms with Crippen LogP contribution in [0.2, 0.25) is 5.02 Å². The maximum atomic E-state index is 12.1. The number of ether oxygens (including phenoxy) is 1. The van der Waals surface area contributed by atoms with Crippen molar-refractivity contribution in [3.05, 3.63) is 63.7 Å². The van der Waals surface area contributed by atoms with Crippen LogP contribution in [0.15, 0.2) is 36.4 Å². The molecule has 1 unspecified atom stereocenters. The maximum absolute atomic E-state index is 12.1. The molecule has 2 aromatic carbocycles. The maximum Gasteiger partial charge on any atom is 0.387 e. The minimum atomic E-state index is -2.81. The fourth-order valence-corrected chi connectivity index (χ4v) is 3.14. The van der Waals surface area contributed by atoms with Crippen molar-refractivity contribution < 1.29 is 13.5 Å².